The number of benzene rings is 1. The molecule has 1 atom stereocenters. The Morgan fingerprint density at radius 3 is 2.76 bits per heavy atom. The van der Waals surface area contributed by atoms with Crippen molar-refractivity contribution in [3.63, 3.8) is 0 Å². The van der Waals surface area contributed by atoms with Crippen LogP contribution in [0.2, 0.25) is 5.02 Å². The summed E-state index contributed by atoms with van der Waals surface area (Å²) in [6, 6.07) is 5.39. The van der Waals surface area contributed by atoms with Crippen molar-refractivity contribution in [2.24, 2.45) is 10.7 Å². The lowest BCUT2D eigenvalue weighted by molar-refractivity contribution is 0.248. The SMILES string of the molecule is CCN(CC)CCN1C(N)=NCC1c1ccc(O)c(Cl)c1. The lowest BCUT2D eigenvalue weighted by atomic mass is 10.1. The third-order valence-corrected chi connectivity index (χ3v) is 4.31. The van der Waals surface area contributed by atoms with Crippen molar-refractivity contribution < 1.29 is 5.11 Å². The molecular formula is C15H23ClN4O. The number of guanidine groups is 1. The van der Waals surface area contributed by atoms with E-state index in [1.165, 1.54) is 0 Å². The molecule has 1 aliphatic rings. The number of halogens is 1. The average Bonchev–Trinajstić information content (AvgIpc) is 2.84. The minimum atomic E-state index is 0.0960. The average molecular weight is 311 g/mol. The fourth-order valence-electron chi connectivity index (χ4n) is 2.60. The van der Waals surface area contributed by atoms with Gasteiger partial charge in [-0.25, -0.2) is 0 Å². The fraction of sp³-hybridized carbons (Fsp3) is 0.533. The monoisotopic (exact) mass is 310 g/mol. The molecule has 1 aliphatic heterocycles. The molecule has 0 amide bonds. The number of aliphatic imine (C=N–C) groups is 1. The Bertz CT molecular complexity index is 516. The molecule has 0 saturated heterocycles. The van der Waals surface area contributed by atoms with Crippen molar-refractivity contribution in [1.82, 2.24) is 9.80 Å². The maximum Gasteiger partial charge on any atom is 0.191 e. The van der Waals surface area contributed by atoms with E-state index in [-0.39, 0.29) is 11.8 Å². The Labute approximate surface area is 131 Å². The Kier molecular flexibility index (Phi) is 5.31. The van der Waals surface area contributed by atoms with E-state index >= 15 is 0 Å². The number of hydrogen-bond acceptors (Lipinski definition) is 5. The van der Waals surface area contributed by atoms with E-state index in [9.17, 15) is 5.11 Å². The number of rotatable bonds is 6. The van der Waals surface area contributed by atoms with Crippen LogP contribution in [0.5, 0.6) is 5.75 Å². The highest BCUT2D eigenvalue weighted by Crippen LogP contribution is 2.31. The topological polar surface area (TPSA) is 65.1 Å². The third kappa shape index (κ3) is 3.60. The minimum Gasteiger partial charge on any atom is -0.506 e. The number of aromatic hydroxyl groups is 1. The Morgan fingerprint density at radius 1 is 1.43 bits per heavy atom. The summed E-state index contributed by atoms with van der Waals surface area (Å²) in [5.74, 6) is 0.679. The van der Waals surface area contributed by atoms with Crippen molar-refractivity contribution in [2.45, 2.75) is 19.9 Å². The summed E-state index contributed by atoms with van der Waals surface area (Å²) in [7, 11) is 0. The zero-order valence-corrected chi connectivity index (χ0v) is 13.3. The second kappa shape index (κ2) is 7.00. The number of likely N-dealkylation sites (N-methyl/N-ethyl adjacent to an activating group) is 1. The van der Waals surface area contributed by atoms with Gasteiger partial charge in [-0.2, -0.15) is 0 Å². The molecule has 5 nitrogen and oxygen atoms in total. The van der Waals surface area contributed by atoms with Crippen molar-refractivity contribution in [1.29, 1.82) is 0 Å². The molecule has 2 rings (SSSR count). The van der Waals surface area contributed by atoms with Crippen LogP contribution in [0, 0.1) is 0 Å². The second-order valence-electron chi connectivity index (χ2n) is 5.15. The zero-order chi connectivity index (χ0) is 15.4. The van der Waals surface area contributed by atoms with Gasteiger partial charge in [-0.05, 0) is 30.8 Å². The van der Waals surface area contributed by atoms with Gasteiger partial charge in [-0.15, -0.1) is 0 Å². The number of nitrogens with two attached hydrogens (primary N) is 1. The van der Waals surface area contributed by atoms with Crippen LogP contribution < -0.4 is 5.73 Å². The van der Waals surface area contributed by atoms with E-state index in [0.29, 0.717) is 17.5 Å². The molecule has 0 saturated carbocycles. The summed E-state index contributed by atoms with van der Waals surface area (Å²) in [6.45, 7) is 8.77. The van der Waals surface area contributed by atoms with Crippen LogP contribution >= 0.6 is 11.6 Å². The molecule has 116 valence electrons. The Hall–Kier alpha value is -1.46. The van der Waals surface area contributed by atoms with Crippen LogP contribution in [0.3, 0.4) is 0 Å². The molecule has 0 spiro atoms. The quantitative estimate of drug-likeness (QED) is 0.844. The van der Waals surface area contributed by atoms with Gasteiger partial charge in [0.05, 0.1) is 17.6 Å². The van der Waals surface area contributed by atoms with E-state index in [1.54, 1.807) is 12.1 Å². The molecule has 0 radical (unpaired) electrons. The van der Waals surface area contributed by atoms with Crippen LogP contribution in [0.4, 0.5) is 0 Å². The highest BCUT2D eigenvalue weighted by atomic mass is 35.5. The van der Waals surface area contributed by atoms with Gasteiger partial charge >= 0.3 is 0 Å². The minimum absolute atomic E-state index is 0.0960. The van der Waals surface area contributed by atoms with E-state index < -0.39 is 0 Å². The Balaban J connectivity index is 2.10. The number of phenolic OH excluding ortho intramolecular Hbond substituents is 1. The smallest absolute Gasteiger partial charge is 0.191 e. The van der Waals surface area contributed by atoms with E-state index in [2.05, 4.69) is 28.6 Å². The van der Waals surface area contributed by atoms with Crippen molar-refractivity contribution >= 4 is 17.6 Å². The van der Waals surface area contributed by atoms with Crippen molar-refractivity contribution in [3.05, 3.63) is 28.8 Å². The van der Waals surface area contributed by atoms with Crippen LogP contribution in [0.25, 0.3) is 0 Å². The number of phenols is 1. The molecule has 1 aromatic rings. The van der Waals surface area contributed by atoms with Gasteiger partial charge in [0.2, 0.25) is 0 Å². The van der Waals surface area contributed by atoms with E-state index in [1.807, 2.05) is 6.07 Å². The molecular weight excluding hydrogens is 288 g/mol. The van der Waals surface area contributed by atoms with Crippen molar-refractivity contribution in [3.8, 4) is 5.75 Å². The van der Waals surface area contributed by atoms with Gasteiger partial charge in [-0.3, -0.25) is 4.99 Å². The van der Waals surface area contributed by atoms with Gasteiger partial charge < -0.3 is 20.6 Å². The van der Waals surface area contributed by atoms with E-state index in [0.717, 1.165) is 31.7 Å². The predicted octanol–water partition coefficient (Wildman–Crippen LogP) is 2.06. The highest BCUT2D eigenvalue weighted by molar-refractivity contribution is 6.32. The number of hydrogen-bond donors (Lipinski definition) is 2. The zero-order valence-electron chi connectivity index (χ0n) is 12.6. The summed E-state index contributed by atoms with van der Waals surface area (Å²) >= 11 is 6.00. The normalized spacial score (nSPS) is 18.4. The van der Waals surface area contributed by atoms with Crippen LogP contribution in [-0.4, -0.2) is 53.6 Å². The molecule has 0 aromatic heterocycles. The maximum absolute atomic E-state index is 9.54. The first-order valence-electron chi connectivity index (χ1n) is 7.34. The summed E-state index contributed by atoms with van der Waals surface area (Å²) in [5, 5.41) is 9.90. The molecule has 3 N–H and O–H groups in total. The number of nitrogens with zero attached hydrogens (tertiary/aromatic N) is 3. The van der Waals surface area contributed by atoms with Crippen LogP contribution in [0.15, 0.2) is 23.2 Å². The largest absolute Gasteiger partial charge is 0.506 e. The second-order valence-corrected chi connectivity index (χ2v) is 5.55. The van der Waals surface area contributed by atoms with Crippen LogP contribution in [0.1, 0.15) is 25.5 Å². The Morgan fingerprint density at radius 2 is 2.14 bits per heavy atom. The molecule has 1 unspecified atom stereocenters. The van der Waals surface area contributed by atoms with Gasteiger partial charge in [0.15, 0.2) is 5.96 Å². The van der Waals surface area contributed by atoms with Gasteiger partial charge in [-0.1, -0.05) is 31.5 Å². The first-order chi connectivity index (χ1) is 10.1. The molecule has 0 aliphatic carbocycles. The van der Waals surface area contributed by atoms with Gasteiger partial charge in [0.25, 0.3) is 0 Å². The standard InChI is InChI=1S/C15H23ClN4O/c1-3-19(4-2)7-8-20-13(10-18-15(20)17)11-5-6-14(21)12(16)9-11/h5-6,9,13,21H,3-4,7-8,10H2,1-2H3,(H2,17,18). The summed E-state index contributed by atoms with van der Waals surface area (Å²) < 4.78 is 0. The van der Waals surface area contributed by atoms with E-state index in [4.69, 9.17) is 17.3 Å². The molecule has 0 bridgehead atoms. The lowest BCUT2D eigenvalue weighted by Gasteiger charge is -2.29. The summed E-state index contributed by atoms with van der Waals surface area (Å²) in [5.41, 5.74) is 7.05. The van der Waals surface area contributed by atoms with Gasteiger partial charge in [0.1, 0.15) is 5.75 Å². The highest BCUT2D eigenvalue weighted by Gasteiger charge is 2.27. The molecule has 21 heavy (non-hydrogen) atoms. The van der Waals surface area contributed by atoms with Crippen LogP contribution in [-0.2, 0) is 0 Å². The molecule has 6 heteroatoms. The van der Waals surface area contributed by atoms with Crippen molar-refractivity contribution in [2.75, 3.05) is 32.7 Å². The van der Waals surface area contributed by atoms with Gasteiger partial charge in [0, 0.05) is 13.1 Å². The first-order valence-corrected chi connectivity index (χ1v) is 7.71. The molecule has 0 fully saturated rings. The maximum atomic E-state index is 9.54. The summed E-state index contributed by atoms with van der Waals surface area (Å²) in [4.78, 5) is 8.82. The summed E-state index contributed by atoms with van der Waals surface area (Å²) in [6.07, 6.45) is 0. The third-order valence-electron chi connectivity index (χ3n) is 4.00. The molecule has 1 heterocycles. The molecule has 1 aromatic carbocycles. The fourth-order valence-corrected chi connectivity index (χ4v) is 2.79. The lowest BCUT2D eigenvalue weighted by Crippen LogP contribution is -2.41. The first kappa shape index (κ1) is 15.9. The predicted molar refractivity (Wildman–Crippen MR) is 86.8 cm³/mol.